The smallest absolute Gasteiger partial charge is 0.387 e. The number of fused-ring (bicyclic) bond motifs is 3. The van der Waals surface area contributed by atoms with Gasteiger partial charge in [-0.15, -0.1) is 0 Å². The summed E-state index contributed by atoms with van der Waals surface area (Å²) in [4.78, 5) is 18.9. The Kier molecular flexibility index (Phi) is 6.07. The number of alkyl halides is 2. The van der Waals surface area contributed by atoms with Gasteiger partial charge in [0.2, 0.25) is 0 Å². The van der Waals surface area contributed by atoms with E-state index in [0.29, 0.717) is 37.0 Å². The third kappa shape index (κ3) is 4.30. The van der Waals surface area contributed by atoms with Crippen molar-refractivity contribution >= 4 is 17.3 Å². The topological polar surface area (TPSA) is 56.6 Å². The van der Waals surface area contributed by atoms with Crippen LogP contribution in [0.2, 0.25) is 0 Å². The summed E-state index contributed by atoms with van der Waals surface area (Å²) in [5.41, 5.74) is 3.07. The highest BCUT2D eigenvalue weighted by Gasteiger charge is 2.38. The SMILES string of the molecule is CN(C)C1CC(c2c(C=O)cccc2OC(F)F)n2c1nc1ccc(C#CC3(C)CCOC3)cc12. The van der Waals surface area contributed by atoms with Crippen LogP contribution in [0.15, 0.2) is 36.4 Å². The molecule has 0 saturated carbocycles. The third-order valence-electron chi connectivity index (χ3n) is 6.90. The summed E-state index contributed by atoms with van der Waals surface area (Å²) in [5.74, 6) is 7.47. The van der Waals surface area contributed by atoms with Crippen molar-refractivity contribution in [2.45, 2.75) is 38.5 Å². The van der Waals surface area contributed by atoms with Gasteiger partial charge in [-0.2, -0.15) is 8.78 Å². The molecule has 2 aliphatic rings. The molecular formula is C27H27F2N3O3. The second-order valence-corrected chi connectivity index (χ2v) is 9.64. The summed E-state index contributed by atoms with van der Waals surface area (Å²) >= 11 is 0. The van der Waals surface area contributed by atoms with E-state index in [9.17, 15) is 13.6 Å². The van der Waals surface area contributed by atoms with E-state index in [1.54, 1.807) is 12.1 Å². The Labute approximate surface area is 202 Å². The third-order valence-corrected chi connectivity index (χ3v) is 6.90. The number of hydrogen-bond donors (Lipinski definition) is 0. The van der Waals surface area contributed by atoms with Crippen LogP contribution in [0.5, 0.6) is 5.75 Å². The van der Waals surface area contributed by atoms with Gasteiger partial charge < -0.3 is 14.0 Å². The molecule has 6 nitrogen and oxygen atoms in total. The molecule has 0 aliphatic carbocycles. The van der Waals surface area contributed by atoms with E-state index in [-0.39, 0.29) is 17.2 Å². The number of hydrogen-bond acceptors (Lipinski definition) is 5. The first-order chi connectivity index (χ1) is 16.8. The summed E-state index contributed by atoms with van der Waals surface area (Å²) in [7, 11) is 3.92. The van der Waals surface area contributed by atoms with Crippen LogP contribution in [-0.2, 0) is 4.74 Å². The van der Waals surface area contributed by atoms with E-state index in [4.69, 9.17) is 14.5 Å². The lowest BCUT2D eigenvalue weighted by molar-refractivity contribution is -0.0507. The molecule has 0 spiro atoms. The zero-order valence-corrected chi connectivity index (χ0v) is 19.9. The summed E-state index contributed by atoms with van der Waals surface area (Å²) in [6, 6.07) is 10.1. The molecule has 1 fully saturated rings. The van der Waals surface area contributed by atoms with Gasteiger partial charge in [-0.3, -0.25) is 9.69 Å². The average molecular weight is 480 g/mol. The Morgan fingerprint density at radius 1 is 1.31 bits per heavy atom. The lowest BCUT2D eigenvalue weighted by Gasteiger charge is -2.22. The lowest BCUT2D eigenvalue weighted by Crippen LogP contribution is -2.18. The fourth-order valence-corrected chi connectivity index (χ4v) is 5.07. The minimum absolute atomic E-state index is 0.00640. The van der Waals surface area contributed by atoms with Crippen molar-refractivity contribution in [3.8, 4) is 17.6 Å². The number of ether oxygens (including phenoxy) is 2. The van der Waals surface area contributed by atoms with Gasteiger partial charge in [0.05, 0.1) is 35.1 Å². The van der Waals surface area contributed by atoms with Gasteiger partial charge in [0.1, 0.15) is 11.6 Å². The van der Waals surface area contributed by atoms with Gasteiger partial charge in [-0.05, 0) is 58.1 Å². The number of carbonyl (C=O) groups is 1. The molecule has 3 unspecified atom stereocenters. The van der Waals surface area contributed by atoms with Crippen molar-refractivity contribution in [3.05, 3.63) is 58.9 Å². The van der Waals surface area contributed by atoms with Gasteiger partial charge in [0, 0.05) is 23.3 Å². The second-order valence-electron chi connectivity index (χ2n) is 9.64. The fourth-order valence-electron chi connectivity index (χ4n) is 5.07. The van der Waals surface area contributed by atoms with E-state index in [0.717, 1.165) is 28.8 Å². The first-order valence-corrected chi connectivity index (χ1v) is 11.6. The van der Waals surface area contributed by atoms with Crippen LogP contribution < -0.4 is 4.74 Å². The predicted octanol–water partition coefficient (Wildman–Crippen LogP) is 4.82. The highest BCUT2D eigenvalue weighted by molar-refractivity contribution is 5.82. The molecule has 182 valence electrons. The van der Waals surface area contributed by atoms with E-state index in [1.807, 2.05) is 36.9 Å². The zero-order valence-electron chi connectivity index (χ0n) is 19.9. The number of carbonyl (C=O) groups excluding carboxylic acids is 1. The van der Waals surface area contributed by atoms with Gasteiger partial charge in [0.15, 0.2) is 6.29 Å². The molecule has 0 N–H and O–H groups in total. The Morgan fingerprint density at radius 2 is 2.14 bits per heavy atom. The summed E-state index contributed by atoms with van der Waals surface area (Å²) in [6.45, 7) is 0.434. The van der Waals surface area contributed by atoms with E-state index in [1.165, 1.54) is 6.07 Å². The number of nitrogens with zero attached hydrogens (tertiary/aromatic N) is 3. The largest absolute Gasteiger partial charge is 0.434 e. The molecule has 1 aromatic heterocycles. The van der Waals surface area contributed by atoms with Crippen molar-refractivity contribution in [2.75, 3.05) is 27.3 Å². The number of halogens is 2. The Hall–Kier alpha value is -3.28. The molecule has 2 aliphatic heterocycles. The molecule has 1 saturated heterocycles. The Morgan fingerprint density at radius 3 is 2.83 bits per heavy atom. The summed E-state index contributed by atoms with van der Waals surface area (Å²) in [5, 5.41) is 0. The Bertz CT molecular complexity index is 1330. The number of imidazole rings is 1. The molecule has 0 radical (unpaired) electrons. The lowest BCUT2D eigenvalue weighted by atomic mass is 9.90. The van der Waals surface area contributed by atoms with Gasteiger partial charge >= 0.3 is 6.61 Å². The first kappa shape index (κ1) is 23.5. The maximum Gasteiger partial charge on any atom is 0.387 e. The van der Waals surface area contributed by atoms with E-state index >= 15 is 0 Å². The van der Waals surface area contributed by atoms with Crippen LogP contribution in [-0.4, -0.2) is 54.7 Å². The van der Waals surface area contributed by atoms with E-state index in [2.05, 4.69) is 23.7 Å². The highest BCUT2D eigenvalue weighted by Crippen LogP contribution is 2.46. The number of aldehydes is 1. The van der Waals surface area contributed by atoms with Crippen molar-refractivity contribution in [2.24, 2.45) is 5.41 Å². The Balaban J connectivity index is 1.66. The van der Waals surface area contributed by atoms with Crippen LogP contribution in [0, 0.1) is 17.3 Å². The van der Waals surface area contributed by atoms with Crippen molar-refractivity contribution in [1.82, 2.24) is 14.5 Å². The molecule has 35 heavy (non-hydrogen) atoms. The molecule has 8 heteroatoms. The second kappa shape index (κ2) is 9.06. The summed E-state index contributed by atoms with van der Waals surface area (Å²) in [6.07, 6.45) is 2.16. The van der Waals surface area contributed by atoms with Crippen molar-refractivity contribution < 1.29 is 23.0 Å². The van der Waals surface area contributed by atoms with Crippen LogP contribution >= 0.6 is 0 Å². The van der Waals surface area contributed by atoms with Crippen LogP contribution in [0.3, 0.4) is 0 Å². The molecule has 5 rings (SSSR count). The van der Waals surface area contributed by atoms with Gasteiger partial charge in [0.25, 0.3) is 0 Å². The number of aromatic nitrogens is 2. The molecule has 0 amide bonds. The highest BCUT2D eigenvalue weighted by atomic mass is 19.3. The molecule has 3 atom stereocenters. The molecule has 2 aromatic carbocycles. The van der Waals surface area contributed by atoms with Crippen LogP contribution in [0.1, 0.15) is 59.2 Å². The number of rotatable bonds is 5. The monoisotopic (exact) mass is 479 g/mol. The predicted molar refractivity (Wildman–Crippen MR) is 128 cm³/mol. The quantitative estimate of drug-likeness (QED) is 0.388. The maximum atomic E-state index is 13.3. The molecule has 0 bridgehead atoms. The van der Waals surface area contributed by atoms with Gasteiger partial charge in [-0.1, -0.05) is 24.0 Å². The minimum Gasteiger partial charge on any atom is -0.434 e. The van der Waals surface area contributed by atoms with Crippen LogP contribution in [0.25, 0.3) is 11.0 Å². The maximum absolute atomic E-state index is 13.3. The summed E-state index contributed by atoms with van der Waals surface area (Å²) < 4.78 is 38.9. The molecule has 3 aromatic rings. The van der Waals surface area contributed by atoms with Crippen molar-refractivity contribution in [3.63, 3.8) is 0 Å². The minimum atomic E-state index is -3.00. The normalized spacial score (nSPS) is 23.5. The standard InChI is InChI=1S/C27H27F2N3O3/c1-27(11-12-34-16-27)10-9-17-7-8-19-20(13-17)32-21(14-22(31(2)3)25(32)30-19)24-18(15-33)5-4-6-23(24)35-26(28)29/h4-8,13,15,21-22,26H,11-12,14,16H2,1-3H3. The van der Waals surface area contributed by atoms with Crippen molar-refractivity contribution in [1.29, 1.82) is 0 Å². The fraction of sp³-hybridized carbons (Fsp3) is 0.407. The molecular weight excluding hydrogens is 452 g/mol. The average Bonchev–Trinajstić information content (AvgIpc) is 3.51. The van der Waals surface area contributed by atoms with E-state index < -0.39 is 12.7 Å². The van der Waals surface area contributed by atoms with Gasteiger partial charge in [-0.25, -0.2) is 4.98 Å². The zero-order chi connectivity index (χ0) is 24.7. The number of benzene rings is 2. The molecule has 3 heterocycles. The van der Waals surface area contributed by atoms with Crippen LogP contribution in [0.4, 0.5) is 8.78 Å². The first-order valence-electron chi connectivity index (χ1n) is 11.6.